The van der Waals surface area contributed by atoms with Crippen molar-refractivity contribution in [2.24, 2.45) is 0 Å². The van der Waals surface area contributed by atoms with Crippen molar-refractivity contribution in [3.05, 3.63) is 24.3 Å². The van der Waals surface area contributed by atoms with Crippen LogP contribution in [0.4, 0.5) is 11.4 Å². The lowest BCUT2D eigenvalue weighted by molar-refractivity contribution is -0.124. The van der Waals surface area contributed by atoms with Crippen LogP contribution in [0.25, 0.3) is 0 Å². The van der Waals surface area contributed by atoms with Crippen molar-refractivity contribution < 1.29 is 9.59 Å². The maximum atomic E-state index is 12.0. The summed E-state index contributed by atoms with van der Waals surface area (Å²) < 4.78 is 0. The standard InChI is InChI=1S/C13H18N4O2/c1-17(2)10-5-3-9(4-6-10)16-13(19)11-7-15-12(18)8-14-11/h3-6,11,14H,7-8H2,1-2H3,(H,15,18)(H,16,19). The van der Waals surface area contributed by atoms with Crippen LogP contribution in [0.1, 0.15) is 0 Å². The van der Waals surface area contributed by atoms with E-state index in [2.05, 4.69) is 16.0 Å². The second-order valence-electron chi connectivity index (χ2n) is 4.67. The van der Waals surface area contributed by atoms with E-state index in [1.54, 1.807) is 0 Å². The minimum Gasteiger partial charge on any atom is -0.378 e. The fourth-order valence-electron chi connectivity index (χ4n) is 1.82. The van der Waals surface area contributed by atoms with E-state index >= 15 is 0 Å². The monoisotopic (exact) mass is 262 g/mol. The number of carbonyl (C=O) groups is 2. The van der Waals surface area contributed by atoms with Crippen LogP contribution in [0, 0.1) is 0 Å². The number of carbonyl (C=O) groups excluding carboxylic acids is 2. The van der Waals surface area contributed by atoms with Crippen molar-refractivity contribution in [3.63, 3.8) is 0 Å². The van der Waals surface area contributed by atoms with Crippen LogP contribution in [0.5, 0.6) is 0 Å². The molecule has 6 heteroatoms. The SMILES string of the molecule is CN(C)c1ccc(NC(=O)C2CNC(=O)CN2)cc1. The van der Waals surface area contributed by atoms with Crippen LogP contribution >= 0.6 is 0 Å². The minimum absolute atomic E-state index is 0.0839. The molecule has 0 saturated carbocycles. The lowest BCUT2D eigenvalue weighted by Crippen LogP contribution is -2.56. The van der Waals surface area contributed by atoms with E-state index in [9.17, 15) is 9.59 Å². The van der Waals surface area contributed by atoms with Crippen molar-refractivity contribution >= 4 is 23.2 Å². The molecule has 2 amide bonds. The Kier molecular flexibility index (Phi) is 4.01. The van der Waals surface area contributed by atoms with Gasteiger partial charge in [-0.15, -0.1) is 0 Å². The molecule has 6 nitrogen and oxygen atoms in total. The maximum absolute atomic E-state index is 12.0. The van der Waals surface area contributed by atoms with Gasteiger partial charge in [-0.05, 0) is 24.3 Å². The van der Waals surface area contributed by atoms with Crippen LogP contribution in [0.3, 0.4) is 0 Å². The van der Waals surface area contributed by atoms with Gasteiger partial charge in [0.2, 0.25) is 11.8 Å². The van der Waals surface area contributed by atoms with E-state index in [1.165, 1.54) is 0 Å². The Morgan fingerprint density at radius 3 is 2.53 bits per heavy atom. The summed E-state index contributed by atoms with van der Waals surface area (Å²) in [6, 6.07) is 7.20. The molecular weight excluding hydrogens is 244 g/mol. The molecule has 1 aromatic rings. The van der Waals surface area contributed by atoms with Gasteiger partial charge < -0.3 is 15.5 Å². The number of hydrogen-bond donors (Lipinski definition) is 3. The van der Waals surface area contributed by atoms with Crippen LogP contribution in [0.2, 0.25) is 0 Å². The Hall–Kier alpha value is -2.08. The van der Waals surface area contributed by atoms with Crippen molar-refractivity contribution in [2.45, 2.75) is 6.04 Å². The Bertz CT molecular complexity index is 460. The van der Waals surface area contributed by atoms with Gasteiger partial charge in [-0.2, -0.15) is 0 Å². The largest absolute Gasteiger partial charge is 0.378 e. The molecule has 0 spiro atoms. The number of rotatable bonds is 3. The number of nitrogens with one attached hydrogen (secondary N) is 3. The number of amides is 2. The first-order valence-electron chi connectivity index (χ1n) is 6.14. The second-order valence-corrected chi connectivity index (χ2v) is 4.67. The third-order valence-electron chi connectivity index (χ3n) is 2.98. The molecule has 1 unspecified atom stereocenters. The lowest BCUT2D eigenvalue weighted by Gasteiger charge is -2.23. The third-order valence-corrected chi connectivity index (χ3v) is 2.98. The summed E-state index contributed by atoms with van der Waals surface area (Å²) >= 11 is 0. The van der Waals surface area contributed by atoms with E-state index in [0.717, 1.165) is 11.4 Å². The highest BCUT2D eigenvalue weighted by Gasteiger charge is 2.23. The molecule has 2 rings (SSSR count). The average molecular weight is 262 g/mol. The van der Waals surface area contributed by atoms with Crippen molar-refractivity contribution in [1.29, 1.82) is 0 Å². The van der Waals surface area contributed by atoms with Gasteiger partial charge in [0.05, 0.1) is 6.54 Å². The van der Waals surface area contributed by atoms with Crippen molar-refractivity contribution in [1.82, 2.24) is 10.6 Å². The van der Waals surface area contributed by atoms with Gasteiger partial charge >= 0.3 is 0 Å². The molecule has 1 heterocycles. The molecule has 0 aromatic heterocycles. The number of hydrogen-bond acceptors (Lipinski definition) is 4. The highest BCUT2D eigenvalue weighted by Crippen LogP contribution is 2.15. The summed E-state index contributed by atoms with van der Waals surface area (Å²) in [5, 5.41) is 8.36. The van der Waals surface area contributed by atoms with E-state index in [-0.39, 0.29) is 24.4 Å². The van der Waals surface area contributed by atoms with Gasteiger partial charge in [-0.25, -0.2) is 0 Å². The summed E-state index contributed by atoms with van der Waals surface area (Å²) in [5.41, 5.74) is 1.82. The molecule has 3 N–H and O–H groups in total. The third kappa shape index (κ3) is 3.45. The van der Waals surface area contributed by atoms with E-state index in [1.807, 2.05) is 43.3 Å². The average Bonchev–Trinajstić information content (AvgIpc) is 2.40. The highest BCUT2D eigenvalue weighted by atomic mass is 16.2. The van der Waals surface area contributed by atoms with Gasteiger partial charge in [0.15, 0.2) is 0 Å². The fraction of sp³-hybridized carbons (Fsp3) is 0.385. The van der Waals surface area contributed by atoms with Crippen LogP contribution in [-0.4, -0.2) is 45.0 Å². The van der Waals surface area contributed by atoms with Gasteiger partial charge in [0, 0.05) is 32.0 Å². The zero-order valence-electron chi connectivity index (χ0n) is 11.1. The Balaban J connectivity index is 1.93. The van der Waals surface area contributed by atoms with Gasteiger partial charge in [0.25, 0.3) is 0 Å². The summed E-state index contributed by atoms with van der Waals surface area (Å²) in [7, 11) is 3.92. The number of nitrogens with zero attached hydrogens (tertiary/aromatic N) is 1. The summed E-state index contributed by atoms with van der Waals surface area (Å²) in [5.74, 6) is -0.225. The van der Waals surface area contributed by atoms with Crippen molar-refractivity contribution in [2.75, 3.05) is 37.4 Å². The topological polar surface area (TPSA) is 73.5 Å². The van der Waals surface area contributed by atoms with Gasteiger partial charge in [-0.1, -0.05) is 0 Å². The summed E-state index contributed by atoms with van der Waals surface area (Å²) in [6.45, 7) is 0.498. The normalized spacial score (nSPS) is 18.6. The summed E-state index contributed by atoms with van der Waals surface area (Å²) in [6.07, 6.45) is 0. The first-order chi connectivity index (χ1) is 9.06. The zero-order chi connectivity index (χ0) is 13.8. The molecule has 1 aliphatic heterocycles. The first kappa shape index (κ1) is 13.4. The second kappa shape index (κ2) is 5.71. The minimum atomic E-state index is -0.383. The zero-order valence-corrected chi connectivity index (χ0v) is 11.1. The predicted molar refractivity (Wildman–Crippen MR) is 74.2 cm³/mol. The number of piperazine rings is 1. The van der Waals surface area contributed by atoms with Crippen molar-refractivity contribution in [3.8, 4) is 0 Å². The molecule has 1 saturated heterocycles. The van der Waals surface area contributed by atoms with E-state index < -0.39 is 0 Å². The molecule has 0 bridgehead atoms. The highest BCUT2D eigenvalue weighted by molar-refractivity contribution is 5.96. The molecule has 1 atom stereocenters. The molecule has 1 aliphatic rings. The quantitative estimate of drug-likeness (QED) is 0.704. The predicted octanol–water partition coefficient (Wildman–Crippen LogP) is -0.221. The Labute approximate surface area is 112 Å². The number of anilines is 2. The lowest BCUT2D eigenvalue weighted by atomic mass is 10.2. The summed E-state index contributed by atoms with van der Waals surface area (Å²) in [4.78, 5) is 24.9. The molecular formula is C13H18N4O2. The van der Waals surface area contributed by atoms with Crippen LogP contribution in [0.15, 0.2) is 24.3 Å². The Morgan fingerprint density at radius 1 is 1.32 bits per heavy atom. The molecule has 1 aromatic carbocycles. The first-order valence-corrected chi connectivity index (χ1v) is 6.14. The number of benzene rings is 1. The molecule has 19 heavy (non-hydrogen) atoms. The maximum Gasteiger partial charge on any atom is 0.243 e. The van der Waals surface area contributed by atoms with Gasteiger partial charge in [0.1, 0.15) is 6.04 Å². The molecule has 0 aliphatic carbocycles. The smallest absolute Gasteiger partial charge is 0.243 e. The molecule has 1 fully saturated rings. The van der Waals surface area contributed by atoms with Gasteiger partial charge in [-0.3, -0.25) is 14.9 Å². The fourth-order valence-corrected chi connectivity index (χ4v) is 1.82. The Morgan fingerprint density at radius 2 is 2.00 bits per heavy atom. The molecule has 0 radical (unpaired) electrons. The van der Waals surface area contributed by atoms with Crippen LogP contribution in [-0.2, 0) is 9.59 Å². The van der Waals surface area contributed by atoms with E-state index in [4.69, 9.17) is 0 Å². The van der Waals surface area contributed by atoms with E-state index in [0.29, 0.717) is 6.54 Å². The van der Waals surface area contributed by atoms with Crippen LogP contribution < -0.4 is 20.9 Å². The molecule has 102 valence electrons.